The summed E-state index contributed by atoms with van der Waals surface area (Å²) in [5.41, 5.74) is -0.709. The van der Waals surface area contributed by atoms with E-state index in [2.05, 4.69) is 10.6 Å². The van der Waals surface area contributed by atoms with Crippen LogP contribution in [0.1, 0.15) is 19.3 Å². The van der Waals surface area contributed by atoms with E-state index in [9.17, 15) is 14.7 Å². The molecule has 0 spiro atoms. The van der Waals surface area contributed by atoms with Crippen molar-refractivity contribution in [2.75, 3.05) is 19.5 Å². The maximum Gasteiger partial charge on any atom is 0.329 e. The highest BCUT2D eigenvalue weighted by Crippen LogP contribution is 2.33. The standard InChI is InChI=1S/C14H18N2O5/c1-20-9-4-5-10(11(8-9)21-2)15-13(19)16-14(12(17)18)6-3-7-14/h4-5,8H,3,6-7H2,1-2H3,(H,17,18)(H2,15,16,19). The zero-order chi connectivity index (χ0) is 15.5. The number of anilines is 1. The highest BCUT2D eigenvalue weighted by molar-refractivity contribution is 5.95. The largest absolute Gasteiger partial charge is 0.497 e. The zero-order valence-corrected chi connectivity index (χ0v) is 11.9. The van der Waals surface area contributed by atoms with Gasteiger partial charge in [-0.1, -0.05) is 0 Å². The second-order valence-corrected chi connectivity index (χ2v) is 4.89. The Balaban J connectivity index is 2.07. The maximum absolute atomic E-state index is 12.0. The van der Waals surface area contributed by atoms with E-state index in [4.69, 9.17) is 9.47 Å². The van der Waals surface area contributed by atoms with Crippen molar-refractivity contribution in [3.8, 4) is 11.5 Å². The highest BCUT2D eigenvalue weighted by atomic mass is 16.5. The number of hydrogen-bond acceptors (Lipinski definition) is 4. The van der Waals surface area contributed by atoms with Crippen molar-refractivity contribution in [3.05, 3.63) is 18.2 Å². The lowest BCUT2D eigenvalue weighted by Gasteiger charge is -2.38. The minimum atomic E-state index is -1.15. The molecule has 114 valence electrons. The van der Waals surface area contributed by atoms with Gasteiger partial charge in [-0.05, 0) is 31.4 Å². The first-order valence-electron chi connectivity index (χ1n) is 6.55. The van der Waals surface area contributed by atoms with Gasteiger partial charge in [0, 0.05) is 6.07 Å². The van der Waals surface area contributed by atoms with Gasteiger partial charge in [0.05, 0.1) is 19.9 Å². The second-order valence-electron chi connectivity index (χ2n) is 4.89. The van der Waals surface area contributed by atoms with Crippen molar-refractivity contribution in [2.24, 2.45) is 0 Å². The molecule has 1 aliphatic carbocycles. The smallest absolute Gasteiger partial charge is 0.329 e. The molecule has 0 bridgehead atoms. The molecule has 1 aromatic carbocycles. The van der Waals surface area contributed by atoms with Crippen molar-refractivity contribution in [1.82, 2.24) is 5.32 Å². The number of urea groups is 1. The first-order chi connectivity index (χ1) is 10.0. The third-order valence-corrected chi connectivity index (χ3v) is 3.63. The molecule has 1 fully saturated rings. The molecule has 0 atom stereocenters. The molecule has 0 unspecified atom stereocenters. The number of methoxy groups -OCH3 is 2. The van der Waals surface area contributed by atoms with E-state index in [0.29, 0.717) is 30.0 Å². The number of nitrogens with one attached hydrogen (secondary N) is 2. The van der Waals surface area contributed by atoms with Gasteiger partial charge in [-0.2, -0.15) is 0 Å². The van der Waals surface area contributed by atoms with Crippen molar-refractivity contribution in [2.45, 2.75) is 24.8 Å². The second kappa shape index (κ2) is 5.90. The third-order valence-electron chi connectivity index (χ3n) is 3.63. The summed E-state index contributed by atoms with van der Waals surface area (Å²) in [6.07, 6.45) is 1.67. The molecule has 0 aliphatic heterocycles. The maximum atomic E-state index is 12.0. The van der Waals surface area contributed by atoms with Crippen LogP contribution < -0.4 is 20.1 Å². The molecule has 21 heavy (non-hydrogen) atoms. The summed E-state index contributed by atoms with van der Waals surface area (Å²) in [5.74, 6) is 0.0203. The summed E-state index contributed by atoms with van der Waals surface area (Å²) in [6.45, 7) is 0. The van der Waals surface area contributed by atoms with Crippen molar-refractivity contribution >= 4 is 17.7 Å². The number of carbonyl (C=O) groups is 2. The first-order valence-corrected chi connectivity index (χ1v) is 6.55. The van der Waals surface area contributed by atoms with Gasteiger partial charge in [-0.15, -0.1) is 0 Å². The minimum Gasteiger partial charge on any atom is -0.497 e. The molecule has 0 aromatic heterocycles. The van der Waals surface area contributed by atoms with Gasteiger partial charge in [-0.3, -0.25) is 0 Å². The fourth-order valence-corrected chi connectivity index (χ4v) is 2.20. The van der Waals surface area contributed by atoms with E-state index in [1.165, 1.54) is 14.2 Å². The topological polar surface area (TPSA) is 96.9 Å². The van der Waals surface area contributed by atoms with Crippen LogP contribution >= 0.6 is 0 Å². The molecule has 1 aliphatic rings. The zero-order valence-electron chi connectivity index (χ0n) is 11.9. The number of rotatable bonds is 5. The molecule has 3 N–H and O–H groups in total. The van der Waals surface area contributed by atoms with E-state index in [0.717, 1.165) is 6.42 Å². The molecule has 0 radical (unpaired) electrons. The number of ether oxygens (including phenoxy) is 2. The number of benzene rings is 1. The monoisotopic (exact) mass is 294 g/mol. The van der Waals surface area contributed by atoms with Gasteiger partial charge in [-0.25, -0.2) is 9.59 Å². The lowest BCUT2D eigenvalue weighted by atomic mass is 9.77. The molecular weight excluding hydrogens is 276 g/mol. The van der Waals surface area contributed by atoms with Crippen molar-refractivity contribution in [1.29, 1.82) is 0 Å². The van der Waals surface area contributed by atoms with Gasteiger partial charge in [0.1, 0.15) is 17.0 Å². The predicted molar refractivity (Wildman–Crippen MR) is 75.9 cm³/mol. The molecule has 0 heterocycles. The Kier molecular flexibility index (Phi) is 4.21. The van der Waals surface area contributed by atoms with Crippen molar-refractivity contribution < 1.29 is 24.2 Å². The summed E-state index contributed by atoms with van der Waals surface area (Å²) >= 11 is 0. The number of carbonyl (C=O) groups excluding carboxylic acids is 1. The Morgan fingerprint density at radius 3 is 2.43 bits per heavy atom. The molecule has 7 heteroatoms. The Morgan fingerprint density at radius 1 is 1.24 bits per heavy atom. The van der Waals surface area contributed by atoms with Crippen LogP contribution in [0.15, 0.2) is 18.2 Å². The number of carboxylic acid groups (broad SMARTS) is 1. The minimum absolute atomic E-state index is 0.433. The van der Waals surface area contributed by atoms with Crippen LogP contribution in [0.5, 0.6) is 11.5 Å². The van der Waals surface area contributed by atoms with E-state index in [1.807, 2.05) is 0 Å². The lowest BCUT2D eigenvalue weighted by molar-refractivity contribution is -0.148. The molecule has 2 amide bonds. The van der Waals surface area contributed by atoms with E-state index >= 15 is 0 Å². The fourth-order valence-electron chi connectivity index (χ4n) is 2.20. The number of carboxylic acids is 1. The van der Waals surface area contributed by atoms with Gasteiger partial charge in [0.2, 0.25) is 0 Å². The van der Waals surface area contributed by atoms with Gasteiger partial charge >= 0.3 is 12.0 Å². The Hall–Kier alpha value is -2.44. The molecule has 1 aromatic rings. The summed E-state index contributed by atoms with van der Waals surface area (Å²) in [4.78, 5) is 23.2. The van der Waals surface area contributed by atoms with Gasteiger partial charge < -0.3 is 25.2 Å². The molecule has 7 nitrogen and oxygen atoms in total. The summed E-state index contributed by atoms with van der Waals surface area (Å²) in [5, 5.41) is 14.3. The van der Waals surface area contributed by atoms with Crippen LogP contribution in [0.4, 0.5) is 10.5 Å². The SMILES string of the molecule is COc1ccc(NC(=O)NC2(C(=O)O)CCC2)c(OC)c1. The van der Waals surface area contributed by atoms with Crippen LogP contribution in [0.25, 0.3) is 0 Å². The molecule has 0 saturated heterocycles. The highest BCUT2D eigenvalue weighted by Gasteiger charge is 2.45. The Labute approximate surface area is 122 Å². The number of hydrogen-bond donors (Lipinski definition) is 3. The summed E-state index contributed by atoms with van der Waals surface area (Å²) < 4.78 is 10.2. The van der Waals surface area contributed by atoms with Gasteiger partial charge in [0.25, 0.3) is 0 Å². The van der Waals surface area contributed by atoms with Crippen LogP contribution in [0, 0.1) is 0 Å². The van der Waals surface area contributed by atoms with Crippen LogP contribution in [0.2, 0.25) is 0 Å². The summed E-state index contributed by atoms with van der Waals surface area (Å²) in [6, 6.07) is 4.37. The quantitative estimate of drug-likeness (QED) is 0.770. The average Bonchev–Trinajstić information content (AvgIpc) is 2.42. The lowest BCUT2D eigenvalue weighted by Crippen LogP contribution is -2.60. The fraction of sp³-hybridized carbons (Fsp3) is 0.429. The summed E-state index contributed by atoms with van der Waals surface area (Å²) in [7, 11) is 3.00. The van der Waals surface area contributed by atoms with Crippen molar-refractivity contribution in [3.63, 3.8) is 0 Å². The number of amides is 2. The first kappa shape index (κ1) is 15.0. The molecule has 1 saturated carbocycles. The van der Waals surface area contributed by atoms with E-state index < -0.39 is 17.5 Å². The Morgan fingerprint density at radius 2 is 1.95 bits per heavy atom. The van der Waals surface area contributed by atoms with Crippen LogP contribution in [0.3, 0.4) is 0 Å². The predicted octanol–water partition coefficient (Wildman–Crippen LogP) is 1.83. The number of aliphatic carboxylic acids is 1. The third kappa shape index (κ3) is 3.01. The Bertz CT molecular complexity index is 554. The normalized spacial score (nSPS) is 15.5. The molecule has 2 rings (SSSR count). The van der Waals surface area contributed by atoms with E-state index in [1.54, 1.807) is 18.2 Å². The van der Waals surface area contributed by atoms with Gasteiger partial charge in [0.15, 0.2) is 0 Å². The molecular formula is C14H18N2O5. The van der Waals surface area contributed by atoms with Crippen LogP contribution in [-0.2, 0) is 4.79 Å². The average molecular weight is 294 g/mol. The van der Waals surface area contributed by atoms with Crippen LogP contribution in [-0.4, -0.2) is 36.9 Å². The van der Waals surface area contributed by atoms with E-state index in [-0.39, 0.29) is 0 Å².